The van der Waals surface area contributed by atoms with Gasteiger partial charge in [-0.2, -0.15) is 0 Å². The van der Waals surface area contributed by atoms with Gasteiger partial charge in [0.25, 0.3) is 0 Å². The van der Waals surface area contributed by atoms with Crippen molar-refractivity contribution < 1.29 is 0 Å². The zero-order valence-electron chi connectivity index (χ0n) is 12.2. The van der Waals surface area contributed by atoms with Crippen LogP contribution in [0.3, 0.4) is 0 Å². The van der Waals surface area contributed by atoms with Crippen molar-refractivity contribution in [1.82, 2.24) is 5.32 Å². The molecule has 0 radical (unpaired) electrons. The van der Waals surface area contributed by atoms with Crippen LogP contribution in [0, 0.1) is 0 Å². The molecule has 0 aliphatic rings. The van der Waals surface area contributed by atoms with Gasteiger partial charge in [0.2, 0.25) is 0 Å². The normalized spacial score (nSPS) is 11.3. The van der Waals surface area contributed by atoms with Gasteiger partial charge in [0.05, 0.1) is 0 Å². The highest BCUT2D eigenvalue weighted by Gasteiger charge is 2.03. The quantitative estimate of drug-likeness (QED) is 0.833. The van der Waals surface area contributed by atoms with Crippen LogP contribution in [0.25, 0.3) is 0 Å². The van der Waals surface area contributed by atoms with Gasteiger partial charge in [-0.25, -0.2) is 0 Å². The van der Waals surface area contributed by atoms with Crippen molar-refractivity contribution in [2.75, 3.05) is 37.5 Å². The summed E-state index contributed by atoms with van der Waals surface area (Å²) in [6.45, 7) is 5.31. The third-order valence-corrected chi connectivity index (χ3v) is 2.91. The highest BCUT2D eigenvalue weighted by atomic mass is 15.1. The van der Waals surface area contributed by atoms with Crippen molar-refractivity contribution in [3.63, 3.8) is 0 Å². The second-order valence-electron chi connectivity index (χ2n) is 4.67. The molecule has 0 unspecified atom stereocenters. The number of nitrogens with zero attached hydrogens (tertiary/aromatic N) is 2. The van der Waals surface area contributed by atoms with Gasteiger partial charge in [-0.15, -0.1) is 0 Å². The number of benzene rings is 1. The Labute approximate surface area is 111 Å². The standard InChI is InChI=1S/C15H25N3/c1-6-11-18(12-13(2)16-3)15-9-7-14(8-10-15)17(4)5/h7-10,12,16H,6,11H2,1-5H3/b13-12-. The molecule has 0 aliphatic carbocycles. The Morgan fingerprint density at radius 1 is 1.17 bits per heavy atom. The summed E-state index contributed by atoms with van der Waals surface area (Å²) in [5.41, 5.74) is 3.63. The molecule has 0 fully saturated rings. The number of nitrogens with one attached hydrogen (secondary N) is 1. The van der Waals surface area contributed by atoms with E-state index in [2.05, 4.69) is 73.5 Å². The number of hydrogen-bond acceptors (Lipinski definition) is 3. The molecule has 0 saturated carbocycles. The third kappa shape index (κ3) is 3.99. The van der Waals surface area contributed by atoms with Crippen LogP contribution in [0.1, 0.15) is 20.3 Å². The van der Waals surface area contributed by atoms with Crippen molar-refractivity contribution in [3.8, 4) is 0 Å². The first kappa shape index (κ1) is 14.4. The minimum Gasteiger partial charge on any atom is -0.390 e. The van der Waals surface area contributed by atoms with Crippen molar-refractivity contribution in [2.24, 2.45) is 0 Å². The lowest BCUT2D eigenvalue weighted by atomic mass is 10.2. The molecule has 3 heteroatoms. The summed E-state index contributed by atoms with van der Waals surface area (Å²) < 4.78 is 0. The molecule has 1 rings (SSSR count). The summed E-state index contributed by atoms with van der Waals surface area (Å²) in [7, 11) is 6.07. The topological polar surface area (TPSA) is 18.5 Å². The summed E-state index contributed by atoms with van der Waals surface area (Å²) >= 11 is 0. The van der Waals surface area contributed by atoms with Crippen LogP contribution >= 0.6 is 0 Å². The molecule has 0 saturated heterocycles. The minimum atomic E-state index is 1.03. The molecule has 0 spiro atoms. The molecule has 1 aromatic rings. The maximum absolute atomic E-state index is 3.16. The zero-order chi connectivity index (χ0) is 13.5. The molecular weight excluding hydrogens is 222 g/mol. The van der Waals surface area contributed by atoms with Gasteiger partial charge in [0.1, 0.15) is 0 Å². The molecule has 0 aromatic heterocycles. The Morgan fingerprint density at radius 2 is 1.72 bits per heavy atom. The van der Waals surface area contributed by atoms with Gasteiger partial charge < -0.3 is 15.1 Å². The first-order chi connectivity index (χ1) is 8.58. The monoisotopic (exact) mass is 247 g/mol. The van der Waals surface area contributed by atoms with E-state index in [-0.39, 0.29) is 0 Å². The summed E-state index contributed by atoms with van der Waals surface area (Å²) in [5, 5.41) is 3.16. The molecule has 0 amide bonds. The fraction of sp³-hybridized carbons (Fsp3) is 0.467. The zero-order valence-corrected chi connectivity index (χ0v) is 12.2. The fourth-order valence-corrected chi connectivity index (χ4v) is 1.75. The number of anilines is 2. The van der Waals surface area contributed by atoms with E-state index < -0.39 is 0 Å². The average Bonchev–Trinajstić information content (AvgIpc) is 2.38. The van der Waals surface area contributed by atoms with E-state index in [4.69, 9.17) is 0 Å². The molecule has 0 atom stereocenters. The maximum Gasteiger partial charge on any atom is 0.0408 e. The van der Waals surface area contributed by atoms with Crippen LogP contribution < -0.4 is 15.1 Å². The summed E-state index contributed by atoms with van der Waals surface area (Å²) in [4.78, 5) is 4.40. The smallest absolute Gasteiger partial charge is 0.0408 e. The van der Waals surface area contributed by atoms with E-state index in [1.165, 1.54) is 17.1 Å². The molecule has 0 bridgehead atoms. The van der Waals surface area contributed by atoms with Crippen molar-refractivity contribution in [1.29, 1.82) is 0 Å². The number of allylic oxidation sites excluding steroid dienone is 1. The SMILES string of the molecule is CCCN(/C=C(/C)NC)c1ccc(N(C)C)cc1. The van der Waals surface area contributed by atoms with E-state index in [1.807, 2.05) is 7.05 Å². The average molecular weight is 247 g/mol. The summed E-state index contributed by atoms with van der Waals surface area (Å²) in [5.74, 6) is 0. The molecule has 0 aliphatic heterocycles. The van der Waals surface area contributed by atoms with E-state index in [0.29, 0.717) is 0 Å². The molecular formula is C15H25N3. The van der Waals surface area contributed by atoms with Crippen LogP contribution in [0.4, 0.5) is 11.4 Å². The van der Waals surface area contributed by atoms with Crippen molar-refractivity contribution >= 4 is 11.4 Å². The van der Waals surface area contributed by atoms with Crippen LogP contribution in [0.15, 0.2) is 36.2 Å². The maximum atomic E-state index is 3.16. The van der Waals surface area contributed by atoms with Gasteiger partial charge in [-0.3, -0.25) is 0 Å². The van der Waals surface area contributed by atoms with E-state index >= 15 is 0 Å². The Balaban J connectivity index is 2.92. The Bertz CT molecular complexity index is 379. The highest BCUT2D eigenvalue weighted by molar-refractivity contribution is 5.57. The predicted molar refractivity (Wildman–Crippen MR) is 81.2 cm³/mol. The first-order valence-electron chi connectivity index (χ1n) is 6.48. The van der Waals surface area contributed by atoms with Crippen LogP contribution in [0.5, 0.6) is 0 Å². The van der Waals surface area contributed by atoms with E-state index in [9.17, 15) is 0 Å². The van der Waals surface area contributed by atoms with Gasteiger partial charge in [-0.1, -0.05) is 6.92 Å². The molecule has 1 aromatic carbocycles. The molecule has 0 heterocycles. The second kappa shape index (κ2) is 6.94. The van der Waals surface area contributed by atoms with Gasteiger partial charge in [0.15, 0.2) is 0 Å². The molecule has 3 nitrogen and oxygen atoms in total. The lowest BCUT2D eigenvalue weighted by molar-refractivity contribution is 0.859. The molecule has 1 N–H and O–H groups in total. The minimum absolute atomic E-state index is 1.03. The van der Waals surface area contributed by atoms with Gasteiger partial charge in [0, 0.05) is 51.0 Å². The third-order valence-electron chi connectivity index (χ3n) is 2.91. The molecule has 18 heavy (non-hydrogen) atoms. The van der Waals surface area contributed by atoms with E-state index in [1.54, 1.807) is 0 Å². The number of hydrogen-bond donors (Lipinski definition) is 1. The van der Waals surface area contributed by atoms with Crippen LogP contribution in [-0.4, -0.2) is 27.7 Å². The summed E-state index contributed by atoms with van der Waals surface area (Å²) in [6.07, 6.45) is 3.29. The first-order valence-corrected chi connectivity index (χ1v) is 6.48. The van der Waals surface area contributed by atoms with Crippen molar-refractivity contribution in [2.45, 2.75) is 20.3 Å². The largest absolute Gasteiger partial charge is 0.390 e. The summed E-state index contributed by atoms with van der Waals surface area (Å²) in [6, 6.07) is 8.65. The fourth-order valence-electron chi connectivity index (χ4n) is 1.75. The lowest BCUT2D eigenvalue weighted by Gasteiger charge is -2.22. The Kier molecular flexibility index (Phi) is 5.56. The van der Waals surface area contributed by atoms with Gasteiger partial charge >= 0.3 is 0 Å². The van der Waals surface area contributed by atoms with E-state index in [0.717, 1.165) is 13.0 Å². The van der Waals surface area contributed by atoms with Gasteiger partial charge in [-0.05, 0) is 37.6 Å². The second-order valence-corrected chi connectivity index (χ2v) is 4.67. The Hall–Kier alpha value is -1.64. The van der Waals surface area contributed by atoms with Crippen LogP contribution in [0.2, 0.25) is 0 Å². The number of rotatable bonds is 6. The molecule has 100 valence electrons. The highest BCUT2D eigenvalue weighted by Crippen LogP contribution is 2.20. The van der Waals surface area contributed by atoms with Crippen molar-refractivity contribution in [3.05, 3.63) is 36.2 Å². The lowest BCUT2D eigenvalue weighted by Crippen LogP contribution is -2.20. The predicted octanol–water partition coefficient (Wildman–Crippen LogP) is 3.05. The van der Waals surface area contributed by atoms with Crippen LogP contribution in [-0.2, 0) is 0 Å². The Morgan fingerprint density at radius 3 is 2.17 bits per heavy atom.